The van der Waals surface area contributed by atoms with E-state index < -0.39 is 0 Å². The van der Waals surface area contributed by atoms with Crippen molar-refractivity contribution < 1.29 is 19.0 Å². The standard InChI is InChI=1S/C23H32O4/c1-15(24)27-17-6-9-21(2)16(14-17)4-5-18-19(21)7-10-22(3)20(18)8-11-23(22)25-12-13-26-23/h4,6,9,17-20H,5,7-8,10-14H2,1-3H3/t17?,18-,19+,20+,21+,22+/m1/s1. The van der Waals surface area contributed by atoms with Crippen LogP contribution in [0.5, 0.6) is 0 Å². The van der Waals surface area contributed by atoms with Gasteiger partial charge in [0.15, 0.2) is 5.79 Å². The normalized spacial score (nSPS) is 47.1. The Morgan fingerprint density at radius 2 is 1.89 bits per heavy atom. The molecular weight excluding hydrogens is 340 g/mol. The summed E-state index contributed by atoms with van der Waals surface area (Å²) in [7, 11) is 0. The monoisotopic (exact) mass is 372 g/mol. The number of carbonyl (C=O) groups is 1. The molecule has 5 aliphatic rings. The van der Waals surface area contributed by atoms with E-state index in [0.717, 1.165) is 32.5 Å². The fourth-order valence-electron chi connectivity index (χ4n) is 7.40. The Morgan fingerprint density at radius 3 is 2.63 bits per heavy atom. The molecular formula is C23H32O4. The molecule has 27 heavy (non-hydrogen) atoms. The predicted molar refractivity (Wildman–Crippen MR) is 102 cm³/mol. The van der Waals surface area contributed by atoms with Gasteiger partial charge in [-0.25, -0.2) is 0 Å². The first-order valence-corrected chi connectivity index (χ1v) is 10.7. The quantitative estimate of drug-likeness (QED) is 0.505. The second-order valence-corrected chi connectivity index (χ2v) is 9.78. The first-order chi connectivity index (χ1) is 12.9. The summed E-state index contributed by atoms with van der Waals surface area (Å²) in [6, 6.07) is 0. The van der Waals surface area contributed by atoms with E-state index in [1.165, 1.54) is 31.8 Å². The van der Waals surface area contributed by atoms with Gasteiger partial charge < -0.3 is 14.2 Å². The molecule has 1 unspecified atom stereocenters. The van der Waals surface area contributed by atoms with E-state index in [1.807, 2.05) is 0 Å². The summed E-state index contributed by atoms with van der Waals surface area (Å²) < 4.78 is 17.9. The first-order valence-electron chi connectivity index (χ1n) is 10.7. The van der Waals surface area contributed by atoms with Crippen molar-refractivity contribution in [3.05, 3.63) is 23.8 Å². The van der Waals surface area contributed by atoms with Crippen LogP contribution in [0, 0.1) is 28.6 Å². The lowest BCUT2D eigenvalue weighted by Gasteiger charge is -2.57. The number of carbonyl (C=O) groups excluding carboxylic acids is 1. The number of hydrogen-bond acceptors (Lipinski definition) is 4. The number of allylic oxidation sites excluding steroid dienone is 2. The Kier molecular flexibility index (Phi) is 3.94. The van der Waals surface area contributed by atoms with E-state index in [0.29, 0.717) is 17.8 Å². The number of ether oxygens (including phenoxy) is 3. The minimum Gasteiger partial charge on any atom is -0.458 e. The Balaban J connectivity index is 1.44. The molecule has 1 heterocycles. The summed E-state index contributed by atoms with van der Waals surface area (Å²) in [5.41, 5.74) is 1.72. The van der Waals surface area contributed by atoms with Crippen molar-refractivity contribution in [3.63, 3.8) is 0 Å². The van der Waals surface area contributed by atoms with Crippen molar-refractivity contribution in [1.29, 1.82) is 0 Å². The van der Waals surface area contributed by atoms with Gasteiger partial charge in [-0.1, -0.05) is 31.6 Å². The maximum absolute atomic E-state index is 11.4. The van der Waals surface area contributed by atoms with Crippen molar-refractivity contribution in [3.8, 4) is 0 Å². The maximum Gasteiger partial charge on any atom is 0.303 e. The molecule has 0 bridgehead atoms. The number of fused-ring (bicyclic) bond motifs is 6. The van der Waals surface area contributed by atoms with Crippen LogP contribution in [-0.2, 0) is 19.0 Å². The molecule has 0 radical (unpaired) electrons. The number of esters is 1. The molecule has 5 rings (SSSR count). The summed E-state index contributed by atoms with van der Waals surface area (Å²) in [4.78, 5) is 11.4. The summed E-state index contributed by atoms with van der Waals surface area (Å²) in [5.74, 6) is 1.52. The molecule has 0 N–H and O–H groups in total. The average molecular weight is 373 g/mol. The van der Waals surface area contributed by atoms with E-state index in [-0.39, 0.29) is 28.7 Å². The van der Waals surface area contributed by atoms with Crippen LogP contribution in [0.3, 0.4) is 0 Å². The first kappa shape index (κ1) is 17.9. The van der Waals surface area contributed by atoms with Crippen molar-refractivity contribution >= 4 is 5.97 Å². The Morgan fingerprint density at radius 1 is 1.15 bits per heavy atom. The molecule has 3 fully saturated rings. The minimum absolute atomic E-state index is 0.0951. The number of hydrogen-bond donors (Lipinski definition) is 0. The zero-order valence-corrected chi connectivity index (χ0v) is 16.8. The smallest absolute Gasteiger partial charge is 0.303 e. The highest BCUT2D eigenvalue weighted by Crippen LogP contribution is 2.68. The summed E-state index contributed by atoms with van der Waals surface area (Å²) >= 11 is 0. The SMILES string of the molecule is CC(=O)OC1C=C[C@@]2(C)C(=CC[C@@H]3[C@@H]2CC[C@@]2(C)[C@H]3CCC23OCCO3)C1. The lowest BCUT2D eigenvalue weighted by atomic mass is 9.49. The second-order valence-electron chi connectivity index (χ2n) is 9.78. The average Bonchev–Trinajstić information content (AvgIpc) is 3.21. The minimum atomic E-state index is -0.323. The largest absolute Gasteiger partial charge is 0.458 e. The van der Waals surface area contributed by atoms with Crippen LogP contribution >= 0.6 is 0 Å². The maximum atomic E-state index is 11.4. The summed E-state index contributed by atoms with van der Waals surface area (Å²) in [6.07, 6.45) is 13.5. The van der Waals surface area contributed by atoms with Crippen LogP contribution in [0.15, 0.2) is 23.8 Å². The van der Waals surface area contributed by atoms with Crippen molar-refractivity contribution in [1.82, 2.24) is 0 Å². The highest BCUT2D eigenvalue weighted by Gasteiger charge is 2.66. The van der Waals surface area contributed by atoms with Gasteiger partial charge in [0, 0.05) is 30.6 Å². The van der Waals surface area contributed by atoms with Gasteiger partial charge in [0.2, 0.25) is 0 Å². The molecule has 4 heteroatoms. The fourth-order valence-corrected chi connectivity index (χ4v) is 7.40. The lowest BCUT2D eigenvalue weighted by Crippen LogP contribution is -2.54. The van der Waals surface area contributed by atoms with Crippen LogP contribution in [-0.4, -0.2) is 31.1 Å². The molecule has 1 saturated heterocycles. The zero-order valence-electron chi connectivity index (χ0n) is 16.8. The van der Waals surface area contributed by atoms with Crippen LogP contribution < -0.4 is 0 Å². The van der Waals surface area contributed by atoms with Gasteiger partial charge >= 0.3 is 5.97 Å². The van der Waals surface area contributed by atoms with E-state index in [9.17, 15) is 4.79 Å². The third-order valence-corrected chi connectivity index (χ3v) is 8.73. The molecule has 1 spiro atoms. The lowest BCUT2D eigenvalue weighted by molar-refractivity contribution is -0.241. The van der Waals surface area contributed by atoms with Crippen molar-refractivity contribution in [2.45, 2.75) is 71.2 Å². The van der Waals surface area contributed by atoms with E-state index in [2.05, 4.69) is 32.1 Å². The van der Waals surface area contributed by atoms with Gasteiger partial charge in [-0.05, 0) is 49.5 Å². The molecule has 0 amide bonds. The van der Waals surface area contributed by atoms with Crippen molar-refractivity contribution in [2.24, 2.45) is 28.6 Å². The van der Waals surface area contributed by atoms with Crippen LogP contribution in [0.2, 0.25) is 0 Å². The van der Waals surface area contributed by atoms with E-state index in [1.54, 1.807) is 0 Å². The van der Waals surface area contributed by atoms with Crippen LogP contribution in [0.1, 0.15) is 59.3 Å². The molecule has 1 aliphatic heterocycles. The molecule has 4 aliphatic carbocycles. The van der Waals surface area contributed by atoms with Gasteiger partial charge in [0.1, 0.15) is 6.10 Å². The highest BCUT2D eigenvalue weighted by molar-refractivity contribution is 5.66. The topological polar surface area (TPSA) is 44.8 Å². The number of rotatable bonds is 1. The molecule has 0 aromatic rings. The molecule has 6 atom stereocenters. The highest BCUT2D eigenvalue weighted by atomic mass is 16.7. The predicted octanol–water partition coefficient (Wildman–Crippen LogP) is 4.40. The summed E-state index contributed by atoms with van der Waals surface area (Å²) in [6.45, 7) is 7.84. The fraction of sp³-hybridized carbons (Fsp3) is 0.783. The molecule has 4 nitrogen and oxygen atoms in total. The van der Waals surface area contributed by atoms with Crippen LogP contribution in [0.25, 0.3) is 0 Å². The zero-order chi connectivity index (χ0) is 18.9. The van der Waals surface area contributed by atoms with E-state index in [4.69, 9.17) is 14.2 Å². The van der Waals surface area contributed by atoms with Crippen molar-refractivity contribution in [2.75, 3.05) is 13.2 Å². The molecule has 0 aromatic carbocycles. The van der Waals surface area contributed by atoms with Gasteiger partial charge in [0.25, 0.3) is 0 Å². The van der Waals surface area contributed by atoms with Gasteiger partial charge in [-0.2, -0.15) is 0 Å². The van der Waals surface area contributed by atoms with Crippen LogP contribution in [0.4, 0.5) is 0 Å². The van der Waals surface area contributed by atoms with Gasteiger partial charge in [-0.15, -0.1) is 0 Å². The molecule has 148 valence electrons. The second kappa shape index (κ2) is 5.93. The van der Waals surface area contributed by atoms with E-state index >= 15 is 0 Å². The Hall–Kier alpha value is -1.13. The Labute approximate surface area is 162 Å². The van der Waals surface area contributed by atoms with Gasteiger partial charge in [-0.3, -0.25) is 4.79 Å². The molecule has 0 aromatic heterocycles. The van der Waals surface area contributed by atoms with Gasteiger partial charge in [0.05, 0.1) is 13.2 Å². The molecule has 2 saturated carbocycles. The summed E-state index contributed by atoms with van der Waals surface area (Å²) in [5, 5.41) is 0. The third kappa shape index (κ3) is 2.38. The Bertz CT molecular complexity index is 703. The third-order valence-electron chi connectivity index (χ3n) is 8.73.